The van der Waals surface area contributed by atoms with E-state index in [-0.39, 0.29) is 37.1 Å². The van der Waals surface area contributed by atoms with Crippen molar-refractivity contribution < 1.29 is 9.32 Å². The van der Waals surface area contributed by atoms with Gasteiger partial charge in [-0.05, 0) is 13.0 Å². The first-order valence-electron chi connectivity index (χ1n) is 5.19. The zero-order valence-corrected chi connectivity index (χ0v) is 11.4. The number of nitrogens with zero attached hydrogens (tertiary/aromatic N) is 1. The summed E-state index contributed by atoms with van der Waals surface area (Å²) < 4.78 is 4.63. The summed E-state index contributed by atoms with van der Waals surface area (Å²) in [7, 11) is 0. The molecule has 0 saturated heterocycles. The highest BCUT2D eigenvalue weighted by atomic mass is 35.5. The van der Waals surface area contributed by atoms with Gasteiger partial charge < -0.3 is 15.2 Å². The first-order chi connectivity index (χ1) is 7.33. The van der Waals surface area contributed by atoms with Crippen LogP contribution >= 0.6 is 24.8 Å². The smallest absolute Gasteiger partial charge is 0.226 e. The number of aromatic nitrogens is 1. The number of hydrogen-bond donors (Lipinski definition) is 2. The Hall–Kier alpha value is -0.780. The molecule has 0 radical (unpaired) electrons. The third kappa shape index (κ3) is 8.97. The molecule has 1 rings (SSSR count). The minimum absolute atomic E-state index is 0. The standard InChI is InChI=1S/C10H17N3O2.2ClH/c1-2-4-11-5-6-12-10(14)8-9-3-7-15-13-9;;/h3,7,11H,2,4-6,8H2,1H3,(H,12,14);2*1H. The lowest BCUT2D eigenvalue weighted by molar-refractivity contribution is -0.120. The van der Waals surface area contributed by atoms with Gasteiger partial charge in [-0.2, -0.15) is 0 Å². The van der Waals surface area contributed by atoms with Gasteiger partial charge in [0.1, 0.15) is 6.26 Å². The zero-order valence-electron chi connectivity index (χ0n) is 9.77. The maximum absolute atomic E-state index is 11.3. The van der Waals surface area contributed by atoms with E-state index in [1.807, 2.05) is 0 Å². The minimum Gasteiger partial charge on any atom is -0.364 e. The molecule has 0 atom stereocenters. The lowest BCUT2D eigenvalue weighted by Crippen LogP contribution is -2.33. The molecule has 100 valence electrons. The van der Waals surface area contributed by atoms with Gasteiger partial charge in [-0.3, -0.25) is 4.79 Å². The number of carbonyl (C=O) groups excluding carboxylic acids is 1. The molecule has 0 aliphatic heterocycles. The van der Waals surface area contributed by atoms with E-state index in [1.54, 1.807) is 6.07 Å². The van der Waals surface area contributed by atoms with Crippen molar-refractivity contribution >= 4 is 30.7 Å². The molecular weight excluding hydrogens is 265 g/mol. The second kappa shape index (κ2) is 11.7. The summed E-state index contributed by atoms with van der Waals surface area (Å²) in [5.41, 5.74) is 0.661. The van der Waals surface area contributed by atoms with E-state index in [0.717, 1.165) is 19.5 Å². The Bertz CT molecular complexity index is 281. The third-order valence-electron chi connectivity index (χ3n) is 1.88. The molecule has 1 aromatic heterocycles. The summed E-state index contributed by atoms with van der Waals surface area (Å²) in [6, 6.07) is 1.69. The molecule has 0 unspecified atom stereocenters. The molecule has 0 spiro atoms. The van der Waals surface area contributed by atoms with E-state index in [9.17, 15) is 4.79 Å². The molecule has 0 aromatic carbocycles. The third-order valence-corrected chi connectivity index (χ3v) is 1.88. The molecule has 0 saturated carbocycles. The van der Waals surface area contributed by atoms with Crippen LogP contribution in [0.25, 0.3) is 0 Å². The number of nitrogens with one attached hydrogen (secondary N) is 2. The number of rotatable bonds is 7. The van der Waals surface area contributed by atoms with Gasteiger partial charge in [0.2, 0.25) is 5.91 Å². The zero-order chi connectivity index (χ0) is 10.9. The highest BCUT2D eigenvalue weighted by Gasteiger charge is 2.04. The van der Waals surface area contributed by atoms with Crippen LogP contribution in [0.1, 0.15) is 19.0 Å². The van der Waals surface area contributed by atoms with Crippen LogP contribution in [0.2, 0.25) is 0 Å². The lowest BCUT2D eigenvalue weighted by atomic mass is 10.3. The van der Waals surface area contributed by atoms with Crippen LogP contribution in [0.15, 0.2) is 16.9 Å². The van der Waals surface area contributed by atoms with Gasteiger partial charge in [-0.25, -0.2) is 0 Å². The van der Waals surface area contributed by atoms with E-state index < -0.39 is 0 Å². The average Bonchev–Trinajstić information content (AvgIpc) is 2.70. The van der Waals surface area contributed by atoms with Crippen LogP contribution in [0.4, 0.5) is 0 Å². The SMILES string of the molecule is CCCNCCNC(=O)Cc1ccon1.Cl.Cl. The Morgan fingerprint density at radius 2 is 2.12 bits per heavy atom. The number of hydrogen-bond acceptors (Lipinski definition) is 4. The molecule has 5 nitrogen and oxygen atoms in total. The molecule has 0 bridgehead atoms. The van der Waals surface area contributed by atoms with E-state index in [4.69, 9.17) is 0 Å². The first-order valence-corrected chi connectivity index (χ1v) is 5.19. The number of carbonyl (C=O) groups is 1. The van der Waals surface area contributed by atoms with E-state index in [0.29, 0.717) is 12.2 Å². The first kappa shape index (κ1) is 18.6. The van der Waals surface area contributed by atoms with Crippen molar-refractivity contribution in [3.63, 3.8) is 0 Å². The topological polar surface area (TPSA) is 67.2 Å². The summed E-state index contributed by atoms with van der Waals surface area (Å²) >= 11 is 0. The summed E-state index contributed by atoms with van der Waals surface area (Å²) in [5, 5.41) is 9.66. The van der Waals surface area contributed by atoms with Gasteiger partial charge >= 0.3 is 0 Å². The van der Waals surface area contributed by atoms with Crippen molar-refractivity contribution in [2.24, 2.45) is 0 Å². The maximum Gasteiger partial charge on any atom is 0.226 e. The monoisotopic (exact) mass is 283 g/mol. The predicted molar refractivity (Wildman–Crippen MR) is 70.9 cm³/mol. The normalized spacial score (nSPS) is 9.00. The molecule has 1 amide bonds. The number of halogens is 2. The summed E-state index contributed by atoms with van der Waals surface area (Å²) in [6.45, 7) is 4.55. The van der Waals surface area contributed by atoms with Gasteiger partial charge in [0.25, 0.3) is 0 Å². The Morgan fingerprint density at radius 3 is 2.71 bits per heavy atom. The largest absolute Gasteiger partial charge is 0.364 e. The average molecular weight is 284 g/mol. The molecular formula is C10H19Cl2N3O2. The Balaban J connectivity index is 0. The van der Waals surface area contributed by atoms with Crippen LogP contribution in [0.5, 0.6) is 0 Å². The molecule has 2 N–H and O–H groups in total. The van der Waals surface area contributed by atoms with E-state index >= 15 is 0 Å². The van der Waals surface area contributed by atoms with Gasteiger partial charge in [0.05, 0.1) is 12.1 Å². The fourth-order valence-electron chi connectivity index (χ4n) is 1.15. The van der Waals surface area contributed by atoms with Gasteiger partial charge in [0, 0.05) is 19.2 Å². The summed E-state index contributed by atoms with van der Waals surface area (Å²) in [6.07, 6.45) is 2.85. The lowest BCUT2D eigenvalue weighted by Gasteiger charge is -2.04. The Morgan fingerprint density at radius 1 is 1.35 bits per heavy atom. The number of amides is 1. The molecule has 1 aromatic rings. The highest BCUT2D eigenvalue weighted by molar-refractivity contribution is 5.85. The second-order valence-corrected chi connectivity index (χ2v) is 3.27. The maximum atomic E-state index is 11.3. The van der Waals surface area contributed by atoms with Crippen molar-refractivity contribution in [3.05, 3.63) is 18.0 Å². The van der Waals surface area contributed by atoms with E-state index in [1.165, 1.54) is 6.26 Å². The van der Waals surface area contributed by atoms with Crippen LogP contribution in [0, 0.1) is 0 Å². The summed E-state index contributed by atoms with van der Waals surface area (Å²) in [5.74, 6) is -0.0257. The van der Waals surface area contributed by atoms with Crippen molar-refractivity contribution in [2.75, 3.05) is 19.6 Å². The fraction of sp³-hybridized carbons (Fsp3) is 0.600. The predicted octanol–water partition coefficient (Wildman–Crippen LogP) is 1.18. The van der Waals surface area contributed by atoms with Crippen molar-refractivity contribution in [1.29, 1.82) is 0 Å². The van der Waals surface area contributed by atoms with Crippen LogP contribution in [-0.4, -0.2) is 30.7 Å². The molecule has 7 heteroatoms. The highest BCUT2D eigenvalue weighted by Crippen LogP contribution is 1.94. The van der Waals surface area contributed by atoms with Crippen LogP contribution < -0.4 is 10.6 Å². The molecule has 0 fully saturated rings. The minimum atomic E-state index is -0.0257. The Kier molecular flexibility index (Phi) is 12.8. The van der Waals surface area contributed by atoms with Crippen LogP contribution in [-0.2, 0) is 11.2 Å². The van der Waals surface area contributed by atoms with Crippen LogP contribution in [0.3, 0.4) is 0 Å². The van der Waals surface area contributed by atoms with Gasteiger partial charge in [0.15, 0.2) is 0 Å². The van der Waals surface area contributed by atoms with Gasteiger partial charge in [-0.1, -0.05) is 12.1 Å². The van der Waals surface area contributed by atoms with Crippen molar-refractivity contribution in [3.8, 4) is 0 Å². The molecule has 0 aliphatic carbocycles. The summed E-state index contributed by atoms with van der Waals surface area (Å²) in [4.78, 5) is 11.3. The fourth-order valence-corrected chi connectivity index (χ4v) is 1.15. The van der Waals surface area contributed by atoms with Gasteiger partial charge in [-0.15, -0.1) is 24.8 Å². The quantitative estimate of drug-likeness (QED) is 0.738. The molecule has 17 heavy (non-hydrogen) atoms. The molecule has 0 aliphatic rings. The van der Waals surface area contributed by atoms with E-state index in [2.05, 4.69) is 27.2 Å². The second-order valence-electron chi connectivity index (χ2n) is 3.27. The van der Waals surface area contributed by atoms with Crippen molar-refractivity contribution in [1.82, 2.24) is 15.8 Å². The molecule has 1 heterocycles. The Labute approximate surface area is 114 Å². The van der Waals surface area contributed by atoms with Crippen molar-refractivity contribution in [2.45, 2.75) is 19.8 Å².